The molecule has 2 aliphatic carbocycles. The molecule has 10 heteroatoms. The second kappa shape index (κ2) is 11.4. The standard InChI is InChI=1S/C36H8N10/c1-42-23-9-22(10-24(11-23)43-2)33-35(31(18-41)45-4)27-13-26-25(12-28(27)36(33)46-5)29(16-39)32(34(26)30(17-40)44-3)21-7-19(14-37)6-20(8-21)15-38/h6-13H/b34-30+,35-31-. The summed E-state index contributed by atoms with van der Waals surface area (Å²) in [6, 6.07) is 21.3. The van der Waals surface area contributed by atoms with Crippen LogP contribution in [0.5, 0.6) is 0 Å². The van der Waals surface area contributed by atoms with Crippen molar-refractivity contribution in [3.05, 3.63) is 162 Å². The summed E-state index contributed by atoms with van der Waals surface area (Å²) < 4.78 is 0. The molecule has 0 atom stereocenters. The van der Waals surface area contributed by atoms with E-state index in [1.807, 2.05) is 24.3 Å². The summed E-state index contributed by atoms with van der Waals surface area (Å²) >= 11 is 0. The predicted molar refractivity (Wildman–Crippen MR) is 165 cm³/mol. The molecule has 0 saturated carbocycles. The average molecular weight is 581 g/mol. The fourth-order valence-corrected chi connectivity index (χ4v) is 5.54. The molecule has 202 valence electrons. The van der Waals surface area contributed by atoms with Gasteiger partial charge in [-0.05, 0) is 68.8 Å². The number of allylic oxidation sites excluding steroid dienone is 7. The maximum Gasteiger partial charge on any atom is 0.270 e. The number of hydrogen-bond donors (Lipinski definition) is 0. The van der Waals surface area contributed by atoms with Crippen LogP contribution in [0.15, 0.2) is 59.9 Å². The first-order valence-corrected chi connectivity index (χ1v) is 12.7. The van der Waals surface area contributed by atoms with Gasteiger partial charge in [0.05, 0.1) is 73.8 Å². The van der Waals surface area contributed by atoms with Gasteiger partial charge in [0.25, 0.3) is 11.4 Å². The maximum absolute atomic E-state index is 10.4. The van der Waals surface area contributed by atoms with E-state index in [4.69, 9.17) is 32.9 Å². The number of rotatable bonds is 2. The first-order valence-electron chi connectivity index (χ1n) is 12.7. The molecular formula is C36H8N10. The summed E-state index contributed by atoms with van der Waals surface area (Å²) in [4.78, 5) is 17.4. The second-order valence-electron chi connectivity index (χ2n) is 9.52. The van der Waals surface area contributed by atoms with Crippen LogP contribution in [-0.4, -0.2) is 0 Å². The third kappa shape index (κ3) is 4.27. The quantitative estimate of drug-likeness (QED) is 0.222. The van der Waals surface area contributed by atoms with Gasteiger partial charge in [0.1, 0.15) is 6.07 Å². The number of hydrogen-bond acceptors (Lipinski definition) is 5. The van der Waals surface area contributed by atoms with E-state index in [-0.39, 0.29) is 101 Å². The van der Waals surface area contributed by atoms with Gasteiger partial charge in [-0.2, -0.15) is 15.8 Å². The molecule has 46 heavy (non-hydrogen) atoms. The van der Waals surface area contributed by atoms with E-state index in [9.17, 15) is 26.3 Å². The molecule has 2 aliphatic rings. The highest BCUT2D eigenvalue weighted by Crippen LogP contribution is 2.55. The Balaban J connectivity index is 1.97. The Kier molecular flexibility index (Phi) is 7.21. The van der Waals surface area contributed by atoms with E-state index in [1.54, 1.807) is 0 Å². The van der Waals surface area contributed by atoms with Crippen LogP contribution in [0, 0.1) is 89.5 Å². The molecule has 0 unspecified atom stereocenters. The summed E-state index contributed by atoms with van der Waals surface area (Å²) in [6.07, 6.45) is 0. The van der Waals surface area contributed by atoms with Crippen LogP contribution in [0.4, 0.5) is 11.4 Å². The molecule has 0 saturated heterocycles. The van der Waals surface area contributed by atoms with Gasteiger partial charge in [-0.1, -0.05) is 29.8 Å². The van der Waals surface area contributed by atoms with Gasteiger partial charge in [0.15, 0.2) is 11.4 Å². The lowest BCUT2D eigenvalue weighted by atomic mass is 9.90. The van der Waals surface area contributed by atoms with Crippen molar-refractivity contribution in [2.75, 3.05) is 0 Å². The summed E-state index contributed by atoms with van der Waals surface area (Å²) in [6.45, 7) is 38.6. The molecule has 0 heterocycles. The Bertz CT molecular complexity index is 2300. The number of fused-ring (bicyclic) bond motifs is 2. The fraction of sp³-hybridized carbons (Fsp3) is 0. The van der Waals surface area contributed by atoms with Crippen molar-refractivity contribution in [2.24, 2.45) is 0 Å². The zero-order chi connectivity index (χ0) is 33.1. The van der Waals surface area contributed by atoms with Crippen molar-refractivity contribution in [3.8, 4) is 30.3 Å². The molecule has 3 aromatic rings. The van der Waals surface area contributed by atoms with Gasteiger partial charge >= 0.3 is 0 Å². The molecule has 0 radical (unpaired) electrons. The third-order valence-corrected chi connectivity index (χ3v) is 7.27. The van der Waals surface area contributed by atoms with Crippen LogP contribution in [0.1, 0.15) is 44.5 Å². The van der Waals surface area contributed by atoms with E-state index >= 15 is 0 Å². The largest absolute Gasteiger partial charge is 0.270 e. The Morgan fingerprint density at radius 1 is 0.500 bits per heavy atom. The maximum atomic E-state index is 10.4. The van der Waals surface area contributed by atoms with Crippen molar-refractivity contribution in [1.82, 2.24) is 0 Å². The molecule has 5 rings (SSSR count). The first-order chi connectivity index (χ1) is 22.4. The Morgan fingerprint density at radius 3 is 1.46 bits per heavy atom. The summed E-state index contributed by atoms with van der Waals surface area (Å²) in [7, 11) is 0. The van der Waals surface area contributed by atoms with Gasteiger partial charge in [-0.3, -0.25) is 0 Å². The van der Waals surface area contributed by atoms with Crippen LogP contribution in [-0.2, 0) is 0 Å². The molecule has 0 aliphatic heterocycles. The molecule has 0 bridgehead atoms. The lowest BCUT2D eigenvalue weighted by molar-refractivity contribution is 1.43. The van der Waals surface area contributed by atoms with Gasteiger partial charge in [-0.25, -0.2) is 34.7 Å². The highest BCUT2D eigenvalue weighted by Gasteiger charge is 2.37. The zero-order valence-corrected chi connectivity index (χ0v) is 23.1. The van der Waals surface area contributed by atoms with Crippen LogP contribution in [0.3, 0.4) is 0 Å². The van der Waals surface area contributed by atoms with Crippen molar-refractivity contribution in [2.45, 2.75) is 0 Å². The molecule has 0 spiro atoms. The fourth-order valence-electron chi connectivity index (χ4n) is 5.54. The second-order valence-corrected chi connectivity index (χ2v) is 9.52. The lowest BCUT2D eigenvalue weighted by Gasteiger charge is -2.13. The van der Waals surface area contributed by atoms with Crippen molar-refractivity contribution >= 4 is 44.9 Å². The SMILES string of the molecule is [C-]#[N+]C1=C(c2cc([N+]#[C-])cc([N+]#[C-])c2)/C(=C(/C#N)[N+]#[C-])c2cc3c(cc21)C(C#N)=C(c1cc(C#N)cc(C#N)c1)/C3=C(\C#N)[N+]#[C-]. The molecule has 0 aromatic heterocycles. The minimum atomic E-state index is -0.387. The van der Waals surface area contributed by atoms with Gasteiger partial charge in [-0.15, -0.1) is 0 Å². The summed E-state index contributed by atoms with van der Waals surface area (Å²) in [5.74, 6) is 0. The minimum Gasteiger partial charge on any atom is -0.239 e. The van der Waals surface area contributed by atoms with Gasteiger partial charge in [0, 0.05) is 5.57 Å². The molecule has 10 nitrogen and oxygen atoms in total. The highest BCUT2D eigenvalue weighted by molar-refractivity contribution is 6.29. The average Bonchev–Trinajstić information content (AvgIpc) is 3.59. The monoisotopic (exact) mass is 580 g/mol. The summed E-state index contributed by atoms with van der Waals surface area (Å²) in [5, 5.41) is 49.6. The topological polar surface area (TPSA) is 141 Å². The molecule has 0 amide bonds. The Labute approximate surface area is 262 Å². The molecular weight excluding hydrogens is 572 g/mol. The molecule has 0 N–H and O–H groups in total. The van der Waals surface area contributed by atoms with Crippen LogP contribution >= 0.6 is 0 Å². The van der Waals surface area contributed by atoms with Gasteiger partial charge < -0.3 is 0 Å². The Hall–Kier alpha value is -8.48. The minimum absolute atomic E-state index is 0.00228. The number of benzene rings is 3. The van der Waals surface area contributed by atoms with E-state index in [1.165, 1.54) is 48.5 Å². The third-order valence-electron chi connectivity index (χ3n) is 7.27. The van der Waals surface area contributed by atoms with E-state index in [0.717, 1.165) is 0 Å². The van der Waals surface area contributed by atoms with E-state index in [2.05, 4.69) is 30.3 Å². The highest BCUT2D eigenvalue weighted by atomic mass is 14.7. The number of nitrogens with zero attached hydrogens (tertiary/aromatic N) is 10. The lowest BCUT2D eigenvalue weighted by Crippen LogP contribution is -1.95. The van der Waals surface area contributed by atoms with E-state index in [0.29, 0.717) is 0 Å². The van der Waals surface area contributed by atoms with Crippen LogP contribution < -0.4 is 0 Å². The zero-order valence-electron chi connectivity index (χ0n) is 23.1. The molecule has 3 aromatic carbocycles. The van der Waals surface area contributed by atoms with E-state index < -0.39 is 0 Å². The van der Waals surface area contributed by atoms with Crippen molar-refractivity contribution in [3.63, 3.8) is 0 Å². The van der Waals surface area contributed by atoms with Crippen molar-refractivity contribution in [1.29, 1.82) is 26.3 Å². The van der Waals surface area contributed by atoms with Gasteiger partial charge in [0.2, 0.25) is 5.70 Å². The normalized spacial score (nSPS) is 14.2. The number of nitriles is 5. The Morgan fingerprint density at radius 2 is 1.00 bits per heavy atom. The first kappa shape index (κ1) is 29.0. The van der Waals surface area contributed by atoms with Crippen LogP contribution in [0.25, 0.3) is 57.8 Å². The van der Waals surface area contributed by atoms with Crippen LogP contribution in [0.2, 0.25) is 0 Å². The predicted octanol–water partition coefficient (Wildman–Crippen LogP) is 8.09. The smallest absolute Gasteiger partial charge is 0.239 e. The van der Waals surface area contributed by atoms with Crippen molar-refractivity contribution < 1.29 is 0 Å². The molecule has 0 fully saturated rings. The summed E-state index contributed by atoms with van der Waals surface area (Å²) in [5.41, 5.74) is 1.58.